The summed E-state index contributed by atoms with van der Waals surface area (Å²) in [6.45, 7) is 0. The molecule has 0 unspecified atom stereocenters. The fourth-order valence-corrected chi connectivity index (χ4v) is 0.963. The van der Waals surface area contributed by atoms with Gasteiger partial charge in [0.1, 0.15) is 11.5 Å². The van der Waals surface area contributed by atoms with Crippen molar-refractivity contribution in [3.05, 3.63) is 28.6 Å². The normalized spacial score (nSPS) is 10.2. The van der Waals surface area contributed by atoms with Gasteiger partial charge in [0.15, 0.2) is 0 Å². The number of aromatic nitrogens is 4. The van der Waals surface area contributed by atoms with Crippen LogP contribution in [0.25, 0.3) is 11.4 Å². The lowest BCUT2D eigenvalue weighted by atomic mass is 10.3. The third-order valence-corrected chi connectivity index (χ3v) is 1.55. The maximum Gasteiger partial charge on any atom is 0.264 e. The van der Waals surface area contributed by atoms with Crippen molar-refractivity contribution in [3.63, 3.8) is 0 Å². The highest BCUT2D eigenvalue weighted by atomic mass is 16.1. The van der Waals surface area contributed by atoms with Crippen molar-refractivity contribution in [3.8, 4) is 11.4 Å². The second-order valence-corrected chi connectivity index (χ2v) is 2.51. The molecule has 0 bridgehead atoms. The van der Waals surface area contributed by atoms with Crippen molar-refractivity contribution in [2.45, 2.75) is 0 Å². The Morgan fingerprint density at radius 2 is 2.08 bits per heavy atom. The molecule has 0 amide bonds. The molecular weight excluding hydrogens is 170 g/mol. The van der Waals surface area contributed by atoms with Crippen LogP contribution in [0.4, 0.5) is 5.82 Å². The first-order chi connectivity index (χ1) is 6.25. The molecule has 0 fully saturated rings. The molecule has 13 heavy (non-hydrogen) atoms. The minimum absolute atomic E-state index is 0.240. The number of nitrogens with zero attached hydrogens (tertiary/aromatic N) is 2. The monoisotopic (exact) mass is 177 g/mol. The van der Waals surface area contributed by atoms with Gasteiger partial charge in [-0.15, -0.1) is 0 Å². The van der Waals surface area contributed by atoms with Gasteiger partial charge in [0.25, 0.3) is 5.56 Å². The molecule has 0 atom stereocenters. The lowest BCUT2D eigenvalue weighted by molar-refractivity contribution is 0.982. The van der Waals surface area contributed by atoms with E-state index in [0.29, 0.717) is 17.2 Å². The molecule has 0 spiro atoms. The Hall–Kier alpha value is -2.11. The quantitative estimate of drug-likeness (QED) is 0.558. The van der Waals surface area contributed by atoms with Crippen LogP contribution in [0.5, 0.6) is 0 Å². The van der Waals surface area contributed by atoms with E-state index in [4.69, 9.17) is 5.73 Å². The van der Waals surface area contributed by atoms with Crippen molar-refractivity contribution in [2.24, 2.45) is 0 Å². The van der Waals surface area contributed by atoms with E-state index in [2.05, 4.69) is 20.4 Å². The molecule has 4 N–H and O–H groups in total. The zero-order valence-electron chi connectivity index (χ0n) is 6.61. The summed E-state index contributed by atoms with van der Waals surface area (Å²) in [5.74, 6) is 0.392. The molecule has 66 valence electrons. The van der Waals surface area contributed by atoms with Gasteiger partial charge in [-0.05, 0) is 6.07 Å². The average Bonchev–Trinajstić information content (AvgIpc) is 2.53. The lowest BCUT2D eigenvalue weighted by Gasteiger charge is -1.91. The first-order valence-corrected chi connectivity index (χ1v) is 3.63. The molecule has 2 rings (SSSR count). The minimum atomic E-state index is -0.240. The number of nitrogens with two attached hydrogens (primary N) is 1. The Labute approximate surface area is 72.8 Å². The topological polar surface area (TPSA) is 100 Å². The van der Waals surface area contributed by atoms with E-state index in [-0.39, 0.29) is 5.56 Å². The second kappa shape index (κ2) is 2.74. The van der Waals surface area contributed by atoms with Crippen LogP contribution in [0.2, 0.25) is 0 Å². The van der Waals surface area contributed by atoms with Gasteiger partial charge in [0.05, 0.1) is 5.69 Å². The fraction of sp³-hybridized carbons (Fsp3) is 0. The van der Waals surface area contributed by atoms with Crippen molar-refractivity contribution in [1.82, 2.24) is 20.4 Å². The van der Waals surface area contributed by atoms with Crippen molar-refractivity contribution >= 4 is 5.82 Å². The lowest BCUT2D eigenvalue weighted by Crippen LogP contribution is -2.05. The number of aromatic amines is 2. The number of rotatable bonds is 1. The molecule has 6 heteroatoms. The summed E-state index contributed by atoms with van der Waals surface area (Å²) >= 11 is 0. The van der Waals surface area contributed by atoms with Crippen LogP contribution >= 0.6 is 0 Å². The molecule has 0 saturated heterocycles. The summed E-state index contributed by atoms with van der Waals surface area (Å²) in [6.07, 6.45) is 0. The molecule has 2 heterocycles. The summed E-state index contributed by atoms with van der Waals surface area (Å²) < 4.78 is 0. The maximum absolute atomic E-state index is 10.7. The van der Waals surface area contributed by atoms with Crippen LogP contribution in [0.3, 0.4) is 0 Å². The van der Waals surface area contributed by atoms with Crippen LogP contribution in [-0.4, -0.2) is 20.4 Å². The number of hydrogen-bond acceptors (Lipinski definition) is 4. The van der Waals surface area contributed by atoms with Crippen LogP contribution in [-0.2, 0) is 0 Å². The van der Waals surface area contributed by atoms with E-state index in [0.717, 1.165) is 0 Å². The molecule has 2 aromatic heterocycles. The van der Waals surface area contributed by atoms with E-state index in [9.17, 15) is 4.79 Å². The molecule has 2 aromatic rings. The van der Waals surface area contributed by atoms with Gasteiger partial charge >= 0.3 is 0 Å². The van der Waals surface area contributed by atoms with Gasteiger partial charge in [-0.25, -0.2) is 5.10 Å². The van der Waals surface area contributed by atoms with Crippen LogP contribution in [0.15, 0.2) is 23.0 Å². The van der Waals surface area contributed by atoms with Crippen LogP contribution in [0.1, 0.15) is 0 Å². The predicted molar refractivity (Wildman–Crippen MR) is 46.9 cm³/mol. The smallest absolute Gasteiger partial charge is 0.264 e. The number of hydrogen-bond donors (Lipinski definition) is 3. The summed E-state index contributed by atoms with van der Waals surface area (Å²) in [6, 6.07) is 4.62. The summed E-state index contributed by atoms with van der Waals surface area (Å²) in [5, 5.41) is 12.5. The minimum Gasteiger partial charge on any atom is -0.382 e. The third-order valence-electron chi connectivity index (χ3n) is 1.55. The van der Waals surface area contributed by atoms with Gasteiger partial charge in [0, 0.05) is 12.1 Å². The molecule has 0 aromatic carbocycles. The summed E-state index contributed by atoms with van der Waals surface area (Å²) in [4.78, 5) is 10.7. The zero-order valence-corrected chi connectivity index (χ0v) is 6.61. The molecule has 0 aliphatic rings. The Balaban J connectivity index is 2.47. The number of anilines is 1. The fourth-order valence-electron chi connectivity index (χ4n) is 0.963. The SMILES string of the molecule is Nc1cc(-c2ccc(=O)[nH]n2)[nH]n1. The summed E-state index contributed by atoms with van der Waals surface area (Å²) in [7, 11) is 0. The molecule has 0 aliphatic heterocycles. The van der Waals surface area contributed by atoms with Gasteiger partial charge in [-0.1, -0.05) is 0 Å². The Morgan fingerprint density at radius 3 is 2.62 bits per heavy atom. The van der Waals surface area contributed by atoms with E-state index < -0.39 is 0 Å². The first kappa shape index (κ1) is 7.53. The zero-order chi connectivity index (χ0) is 9.26. The van der Waals surface area contributed by atoms with E-state index in [1.165, 1.54) is 6.07 Å². The van der Waals surface area contributed by atoms with Crippen molar-refractivity contribution in [2.75, 3.05) is 5.73 Å². The van der Waals surface area contributed by atoms with Crippen molar-refractivity contribution < 1.29 is 0 Å². The Kier molecular flexibility index (Phi) is 1.59. The predicted octanol–water partition coefficient (Wildman–Crippen LogP) is -0.258. The summed E-state index contributed by atoms with van der Waals surface area (Å²) in [5.41, 5.74) is 6.44. The first-order valence-electron chi connectivity index (χ1n) is 3.63. The molecule has 0 saturated carbocycles. The average molecular weight is 177 g/mol. The van der Waals surface area contributed by atoms with Gasteiger partial charge in [0.2, 0.25) is 0 Å². The highest BCUT2D eigenvalue weighted by Crippen LogP contribution is 2.12. The highest BCUT2D eigenvalue weighted by Gasteiger charge is 2.01. The maximum atomic E-state index is 10.7. The second-order valence-electron chi connectivity index (χ2n) is 2.51. The Bertz CT molecular complexity index is 451. The standard InChI is InChI=1S/C7H7N5O/c8-6-3-5(10-11-6)4-1-2-7(13)12-9-4/h1-3H,(H,12,13)(H3,8,10,11). The van der Waals surface area contributed by atoms with Gasteiger partial charge in [-0.2, -0.15) is 10.2 Å². The molecule has 0 radical (unpaired) electrons. The molecular formula is C7H7N5O. The highest BCUT2D eigenvalue weighted by molar-refractivity contribution is 5.56. The molecule has 6 nitrogen and oxygen atoms in total. The van der Waals surface area contributed by atoms with Gasteiger partial charge in [-0.3, -0.25) is 9.89 Å². The Morgan fingerprint density at radius 1 is 1.23 bits per heavy atom. The largest absolute Gasteiger partial charge is 0.382 e. The van der Waals surface area contributed by atoms with E-state index in [1.807, 2.05) is 0 Å². The number of nitrogens with one attached hydrogen (secondary N) is 2. The van der Waals surface area contributed by atoms with E-state index in [1.54, 1.807) is 12.1 Å². The van der Waals surface area contributed by atoms with Crippen molar-refractivity contribution in [1.29, 1.82) is 0 Å². The van der Waals surface area contributed by atoms with Crippen LogP contribution in [0, 0.1) is 0 Å². The molecule has 0 aliphatic carbocycles. The third kappa shape index (κ3) is 1.41. The van der Waals surface area contributed by atoms with Crippen LogP contribution < -0.4 is 11.3 Å². The van der Waals surface area contributed by atoms with E-state index >= 15 is 0 Å². The number of H-pyrrole nitrogens is 2. The van der Waals surface area contributed by atoms with Gasteiger partial charge < -0.3 is 5.73 Å². The number of nitrogen functional groups attached to an aromatic ring is 1.